The first-order valence-corrected chi connectivity index (χ1v) is 4.95. The topological polar surface area (TPSA) is 29.5 Å². The number of alkyl halides is 3. The van der Waals surface area contributed by atoms with Crippen molar-refractivity contribution in [2.24, 2.45) is 0 Å². The average Bonchev–Trinajstić information content (AvgIpc) is 2.13. The van der Waals surface area contributed by atoms with Crippen LogP contribution in [0, 0.1) is 0 Å². The summed E-state index contributed by atoms with van der Waals surface area (Å²) in [4.78, 5) is 0. The normalized spacial score (nSPS) is 11.2. The zero-order valence-corrected chi connectivity index (χ0v) is 9.60. The summed E-state index contributed by atoms with van der Waals surface area (Å²) in [6.07, 6.45) is -4.39. The summed E-state index contributed by atoms with van der Waals surface area (Å²) >= 11 is 3.09. The van der Waals surface area contributed by atoms with Gasteiger partial charge in [0.15, 0.2) is 6.61 Å². The van der Waals surface area contributed by atoms with Crippen molar-refractivity contribution in [2.45, 2.75) is 6.18 Å². The molecule has 6 heteroatoms. The van der Waals surface area contributed by atoms with Gasteiger partial charge in [-0.2, -0.15) is 13.2 Å². The second-order valence-corrected chi connectivity index (χ2v) is 3.94. The lowest BCUT2D eigenvalue weighted by molar-refractivity contribution is -0.153. The number of ether oxygens (including phenoxy) is 1. The molecule has 0 bridgehead atoms. The minimum absolute atomic E-state index is 0.0110. The molecule has 0 amide bonds. The molecular formula is C10H8BrF3O2. The van der Waals surface area contributed by atoms with Crippen LogP contribution in [0.3, 0.4) is 0 Å². The fourth-order valence-corrected chi connectivity index (χ4v) is 1.45. The minimum Gasteiger partial charge on any atom is -0.508 e. The number of aliphatic hydroxyl groups excluding tert-OH is 1. The maximum absolute atomic E-state index is 11.9. The van der Waals surface area contributed by atoms with E-state index in [1.165, 1.54) is 18.2 Å². The van der Waals surface area contributed by atoms with E-state index >= 15 is 0 Å². The van der Waals surface area contributed by atoms with Crippen LogP contribution in [0.15, 0.2) is 29.3 Å². The minimum atomic E-state index is -4.39. The van der Waals surface area contributed by atoms with Crippen LogP contribution < -0.4 is 4.74 Å². The van der Waals surface area contributed by atoms with Crippen molar-refractivity contribution in [3.05, 3.63) is 34.8 Å². The maximum Gasteiger partial charge on any atom is 0.422 e. The van der Waals surface area contributed by atoms with Gasteiger partial charge in [0.05, 0.1) is 0 Å². The van der Waals surface area contributed by atoms with Crippen LogP contribution in [0.1, 0.15) is 5.56 Å². The molecule has 0 atom stereocenters. The molecule has 0 aliphatic carbocycles. The van der Waals surface area contributed by atoms with Crippen molar-refractivity contribution >= 4 is 21.7 Å². The first-order chi connectivity index (χ1) is 7.28. The van der Waals surface area contributed by atoms with Crippen molar-refractivity contribution in [2.75, 3.05) is 6.61 Å². The number of hydrogen-bond acceptors (Lipinski definition) is 2. The highest BCUT2D eigenvalue weighted by Crippen LogP contribution is 2.26. The Labute approximate surface area is 98.5 Å². The molecule has 0 saturated carbocycles. The first-order valence-electron chi connectivity index (χ1n) is 4.16. The maximum atomic E-state index is 11.9. The van der Waals surface area contributed by atoms with Crippen molar-refractivity contribution in [3.8, 4) is 5.75 Å². The Kier molecular flexibility index (Phi) is 3.85. The highest BCUT2D eigenvalue weighted by Gasteiger charge is 2.28. The molecule has 1 aromatic rings. The highest BCUT2D eigenvalue weighted by molar-refractivity contribution is 9.10. The summed E-state index contributed by atoms with van der Waals surface area (Å²) < 4.78 is 40.7. The zero-order valence-electron chi connectivity index (χ0n) is 8.01. The summed E-state index contributed by atoms with van der Waals surface area (Å²) in [7, 11) is 0. The van der Waals surface area contributed by atoms with Gasteiger partial charge < -0.3 is 9.84 Å². The second kappa shape index (κ2) is 4.78. The van der Waals surface area contributed by atoms with E-state index in [2.05, 4.69) is 27.2 Å². The SMILES string of the molecule is C=C(O)c1cc(Br)cc(OCC(F)(F)F)c1. The molecule has 0 aliphatic rings. The van der Waals surface area contributed by atoms with E-state index < -0.39 is 12.8 Å². The molecule has 0 aromatic heterocycles. The van der Waals surface area contributed by atoms with Gasteiger partial charge in [-0.1, -0.05) is 22.5 Å². The summed E-state index contributed by atoms with van der Waals surface area (Å²) in [5.74, 6) is -0.227. The standard InChI is InChI=1S/C10H8BrF3O2/c1-6(15)7-2-8(11)4-9(3-7)16-5-10(12,13)14/h2-4,15H,1,5H2. The van der Waals surface area contributed by atoms with E-state index in [4.69, 9.17) is 5.11 Å². The fourth-order valence-electron chi connectivity index (χ4n) is 0.978. The van der Waals surface area contributed by atoms with Crippen LogP contribution >= 0.6 is 15.9 Å². The number of rotatable bonds is 3. The molecule has 2 nitrogen and oxygen atoms in total. The van der Waals surface area contributed by atoms with Crippen LogP contribution in [-0.4, -0.2) is 17.9 Å². The van der Waals surface area contributed by atoms with E-state index in [1.807, 2.05) is 0 Å². The lowest BCUT2D eigenvalue weighted by Gasteiger charge is -2.10. The summed E-state index contributed by atoms with van der Waals surface area (Å²) in [5, 5.41) is 9.11. The first kappa shape index (κ1) is 12.9. The van der Waals surface area contributed by atoms with Crippen molar-refractivity contribution in [3.63, 3.8) is 0 Å². The fraction of sp³-hybridized carbons (Fsp3) is 0.200. The number of aliphatic hydroxyl groups is 1. The molecule has 0 saturated heterocycles. The molecule has 0 spiro atoms. The van der Waals surface area contributed by atoms with E-state index in [-0.39, 0.29) is 11.5 Å². The predicted octanol–water partition coefficient (Wildman–Crippen LogP) is 3.92. The van der Waals surface area contributed by atoms with E-state index in [0.29, 0.717) is 10.0 Å². The Morgan fingerprint density at radius 3 is 2.50 bits per heavy atom. The van der Waals surface area contributed by atoms with Crippen molar-refractivity contribution in [1.82, 2.24) is 0 Å². The summed E-state index contributed by atoms with van der Waals surface area (Å²) in [6, 6.07) is 4.17. The zero-order chi connectivity index (χ0) is 12.3. The van der Waals surface area contributed by atoms with Gasteiger partial charge in [0, 0.05) is 10.0 Å². The molecule has 0 radical (unpaired) electrons. The van der Waals surface area contributed by atoms with E-state index in [0.717, 1.165) is 0 Å². The van der Waals surface area contributed by atoms with E-state index in [1.54, 1.807) is 0 Å². The Morgan fingerprint density at radius 2 is 2.00 bits per heavy atom. The molecule has 16 heavy (non-hydrogen) atoms. The largest absolute Gasteiger partial charge is 0.508 e. The molecule has 0 fully saturated rings. The third kappa shape index (κ3) is 4.14. The van der Waals surface area contributed by atoms with Gasteiger partial charge in [-0.25, -0.2) is 0 Å². The Bertz CT molecular complexity index is 402. The van der Waals surface area contributed by atoms with Gasteiger partial charge in [-0.3, -0.25) is 0 Å². The molecule has 1 rings (SSSR count). The van der Waals surface area contributed by atoms with Crippen LogP contribution in [0.4, 0.5) is 13.2 Å². The van der Waals surface area contributed by atoms with Crippen LogP contribution in [0.2, 0.25) is 0 Å². The Morgan fingerprint density at radius 1 is 1.38 bits per heavy atom. The molecule has 1 N–H and O–H groups in total. The molecule has 88 valence electrons. The molecule has 1 aromatic carbocycles. The van der Waals surface area contributed by atoms with Gasteiger partial charge in [-0.05, 0) is 18.2 Å². The van der Waals surface area contributed by atoms with Gasteiger partial charge in [0.1, 0.15) is 11.5 Å². The van der Waals surface area contributed by atoms with Crippen LogP contribution in [0.5, 0.6) is 5.75 Å². The van der Waals surface area contributed by atoms with Gasteiger partial charge in [0.2, 0.25) is 0 Å². The van der Waals surface area contributed by atoms with Gasteiger partial charge >= 0.3 is 6.18 Å². The highest BCUT2D eigenvalue weighted by atomic mass is 79.9. The lowest BCUT2D eigenvalue weighted by Crippen LogP contribution is -2.19. The van der Waals surface area contributed by atoms with Gasteiger partial charge in [-0.15, -0.1) is 0 Å². The summed E-state index contributed by atoms with van der Waals surface area (Å²) in [6.45, 7) is 1.90. The number of hydrogen-bond donors (Lipinski definition) is 1. The number of halogens is 4. The molecule has 0 unspecified atom stereocenters. The van der Waals surface area contributed by atoms with Gasteiger partial charge in [0.25, 0.3) is 0 Å². The van der Waals surface area contributed by atoms with Crippen LogP contribution in [0.25, 0.3) is 5.76 Å². The second-order valence-electron chi connectivity index (χ2n) is 3.03. The summed E-state index contributed by atoms with van der Waals surface area (Å²) in [5.41, 5.74) is 0.298. The quantitative estimate of drug-likeness (QED) is 0.857. The van der Waals surface area contributed by atoms with Crippen LogP contribution in [-0.2, 0) is 0 Å². The lowest BCUT2D eigenvalue weighted by atomic mass is 10.2. The molecule has 0 aliphatic heterocycles. The average molecular weight is 297 g/mol. The monoisotopic (exact) mass is 296 g/mol. The smallest absolute Gasteiger partial charge is 0.422 e. The Balaban J connectivity index is 2.85. The predicted molar refractivity (Wildman–Crippen MR) is 57.4 cm³/mol. The third-order valence-electron chi connectivity index (χ3n) is 1.61. The van der Waals surface area contributed by atoms with Crippen molar-refractivity contribution < 1.29 is 23.0 Å². The van der Waals surface area contributed by atoms with E-state index in [9.17, 15) is 13.2 Å². The Hall–Kier alpha value is -1.17. The third-order valence-corrected chi connectivity index (χ3v) is 2.06. The number of benzene rings is 1. The molecular weight excluding hydrogens is 289 g/mol. The van der Waals surface area contributed by atoms with Crippen molar-refractivity contribution in [1.29, 1.82) is 0 Å². The molecule has 0 heterocycles.